The number of thiazole rings is 1. The third kappa shape index (κ3) is 2.85. The fraction of sp³-hybridized carbons (Fsp3) is 0.176. The van der Waals surface area contributed by atoms with E-state index in [4.69, 9.17) is 11.6 Å². The molecule has 3 aromatic rings. The third-order valence-corrected chi connectivity index (χ3v) is 4.97. The molecule has 3 rings (SSSR count). The summed E-state index contributed by atoms with van der Waals surface area (Å²) in [5, 5.41) is 4.34. The number of Topliss-reactive ketones (excluding diaryl/α,β-unsaturated/α-hetero) is 1. The molecule has 112 valence electrons. The molecule has 22 heavy (non-hydrogen) atoms. The molecule has 0 unspecified atom stereocenters. The van der Waals surface area contributed by atoms with Crippen molar-refractivity contribution in [3.63, 3.8) is 0 Å². The van der Waals surface area contributed by atoms with Gasteiger partial charge in [0.1, 0.15) is 0 Å². The van der Waals surface area contributed by atoms with Crippen LogP contribution in [0.5, 0.6) is 0 Å². The Hall–Kier alpha value is -1.91. The van der Waals surface area contributed by atoms with Crippen LogP contribution in [0.2, 0.25) is 5.02 Å². The first-order chi connectivity index (χ1) is 10.6. The molecule has 0 fully saturated rings. The van der Waals surface area contributed by atoms with Crippen molar-refractivity contribution in [1.82, 2.24) is 4.98 Å². The van der Waals surface area contributed by atoms with Crippen LogP contribution < -0.4 is 5.32 Å². The second-order valence-electron chi connectivity index (χ2n) is 5.13. The predicted octanol–water partition coefficient (Wildman–Crippen LogP) is 4.86. The van der Waals surface area contributed by atoms with E-state index < -0.39 is 0 Å². The molecule has 3 nitrogen and oxygen atoms in total. The highest BCUT2D eigenvalue weighted by Crippen LogP contribution is 2.29. The average molecular weight is 331 g/mol. The van der Waals surface area contributed by atoms with Gasteiger partial charge in [-0.15, -0.1) is 0 Å². The number of carbonyl (C=O) groups is 1. The number of halogens is 1. The quantitative estimate of drug-likeness (QED) is 0.694. The highest BCUT2D eigenvalue weighted by atomic mass is 35.5. The highest BCUT2D eigenvalue weighted by Gasteiger charge is 2.12. The maximum atomic E-state index is 12.2. The average Bonchev–Trinajstić information content (AvgIpc) is 2.93. The predicted molar refractivity (Wildman–Crippen MR) is 93.4 cm³/mol. The summed E-state index contributed by atoms with van der Waals surface area (Å²) in [5.41, 5.74) is 3.93. The van der Waals surface area contributed by atoms with E-state index in [0.717, 1.165) is 15.3 Å². The van der Waals surface area contributed by atoms with Gasteiger partial charge in [-0.05, 0) is 43.2 Å². The number of aryl methyl sites for hydroxylation is 2. The number of hydrogen-bond acceptors (Lipinski definition) is 4. The molecule has 0 radical (unpaired) electrons. The molecule has 1 N–H and O–H groups in total. The van der Waals surface area contributed by atoms with Crippen LogP contribution in [0.1, 0.15) is 21.5 Å². The van der Waals surface area contributed by atoms with Crippen LogP contribution in [0.4, 0.5) is 5.13 Å². The first-order valence-corrected chi connectivity index (χ1v) is 8.14. The molecule has 0 aliphatic rings. The highest BCUT2D eigenvalue weighted by molar-refractivity contribution is 7.22. The molecule has 0 saturated carbocycles. The molecule has 0 amide bonds. The van der Waals surface area contributed by atoms with Crippen molar-refractivity contribution < 1.29 is 4.79 Å². The lowest BCUT2D eigenvalue weighted by Gasteiger charge is -2.03. The van der Waals surface area contributed by atoms with Gasteiger partial charge in [0, 0.05) is 5.56 Å². The maximum absolute atomic E-state index is 12.2. The Kier molecular flexibility index (Phi) is 4.14. The van der Waals surface area contributed by atoms with E-state index >= 15 is 0 Å². The summed E-state index contributed by atoms with van der Waals surface area (Å²) in [5.74, 6) is -0.0437. The van der Waals surface area contributed by atoms with Gasteiger partial charge >= 0.3 is 0 Å². The normalized spacial score (nSPS) is 10.9. The minimum atomic E-state index is -0.0437. The Morgan fingerprint density at radius 1 is 1.23 bits per heavy atom. The van der Waals surface area contributed by atoms with Crippen LogP contribution in [0.3, 0.4) is 0 Å². The van der Waals surface area contributed by atoms with Gasteiger partial charge in [-0.2, -0.15) is 0 Å². The molecule has 0 aliphatic carbocycles. The summed E-state index contributed by atoms with van der Waals surface area (Å²) in [4.78, 5) is 16.8. The molecular formula is C17H15ClN2OS. The van der Waals surface area contributed by atoms with E-state index in [1.165, 1.54) is 11.1 Å². The van der Waals surface area contributed by atoms with Crippen molar-refractivity contribution in [3.05, 3.63) is 58.1 Å². The van der Waals surface area contributed by atoms with Gasteiger partial charge in [0.25, 0.3) is 0 Å². The third-order valence-electron chi connectivity index (χ3n) is 3.66. The number of aromatic nitrogens is 1. The van der Waals surface area contributed by atoms with Crippen molar-refractivity contribution in [2.45, 2.75) is 13.8 Å². The van der Waals surface area contributed by atoms with Crippen LogP contribution in [0.25, 0.3) is 10.2 Å². The standard InChI is InChI=1S/C17H15ClN2OS/c1-10-7-8-15-16(11(10)2)20-17(22-15)19-9-14(21)12-5-3-4-6-13(12)18/h3-8H,9H2,1-2H3,(H,19,20). The molecule has 0 spiro atoms. The molecule has 1 aromatic heterocycles. The summed E-state index contributed by atoms with van der Waals surface area (Å²) in [7, 11) is 0. The Bertz CT molecular complexity index is 857. The number of carbonyl (C=O) groups excluding carboxylic acids is 1. The number of benzene rings is 2. The van der Waals surface area contributed by atoms with Gasteiger partial charge in [0.15, 0.2) is 10.9 Å². The fourth-order valence-electron chi connectivity index (χ4n) is 2.24. The first-order valence-electron chi connectivity index (χ1n) is 6.94. The van der Waals surface area contributed by atoms with Crippen LogP contribution in [0, 0.1) is 13.8 Å². The van der Waals surface area contributed by atoms with E-state index in [1.807, 2.05) is 12.1 Å². The summed E-state index contributed by atoms with van der Waals surface area (Å²) in [6.07, 6.45) is 0. The van der Waals surface area contributed by atoms with E-state index in [9.17, 15) is 4.79 Å². The van der Waals surface area contributed by atoms with Gasteiger partial charge in [-0.1, -0.05) is 41.1 Å². The van der Waals surface area contributed by atoms with Crippen molar-refractivity contribution in [3.8, 4) is 0 Å². The second kappa shape index (κ2) is 6.07. The largest absolute Gasteiger partial charge is 0.354 e. The van der Waals surface area contributed by atoms with E-state index in [2.05, 4.69) is 36.3 Å². The Morgan fingerprint density at radius 3 is 2.77 bits per heavy atom. The molecule has 0 atom stereocenters. The summed E-state index contributed by atoms with van der Waals surface area (Å²) < 4.78 is 1.12. The number of nitrogens with zero attached hydrogens (tertiary/aromatic N) is 1. The van der Waals surface area contributed by atoms with Gasteiger partial charge in [0.2, 0.25) is 0 Å². The van der Waals surface area contributed by atoms with E-state index in [1.54, 1.807) is 23.5 Å². The summed E-state index contributed by atoms with van der Waals surface area (Å²) in [6.45, 7) is 4.32. The van der Waals surface area contributed by atoms with E-state index in [-0.39, 0.29) is 12.3 Å². The number of nitrogens with one attached hydrogen (secondary N) is 1. The minimum Gasteiger partial charge on any atom is -0.354 e. The number of ketones is 1. The van der Waals surface area contributed by atoms with Crippen molar-refractivity contribution >= 4 is 44.1 Å². The topological polar surface area (TPSA) is 42.0 Å². The summed E-state index contributed by atoms with van der Waals surface area (Å²) >= 11 is 7.60. The Morgan fingerprint density at radius 2 is 2.00 bits per heavy atom. The van der Waals surface area contributed by atoms with Crippen LogP contribution in [-0.2, 0) is 0 Å². The van der Waals surface area contributed by atoms with Crippen molar-refractivity contribution in [2.24, 2.45) is 0 Å². The minimum absolute atomic E-state index is 0.0437. The molecule has 0 saturated heterocycles. The zero-order valence-electron chi connectivity index (χ0n) is 12.3. The van der Waals surface area contributed by atoms with Crippen LogP contribution in [-0.4, -0.2) is 17.3 Å². The monoisotopic (exact) mass is 330 g/mol. The molecule has 5 heteroatoms. The molecule has 2 aromatic carbocycles. The number of fused-ring (bicyclic) bond motifs is 1. The zero-order chi connectivity index (χ0) is 15.7. The molecular weight excluding hydrogens is 316 g/mol. The molecule has 0 bridgehead atoms. The van der Waals surface area contributed by atoms with Gasteiger partial charge in [0.05, 0.1) is 21.8 Å². The smallest absolute Gasteiger partial charge is 0.184 e. The second-order valence-corrected chi connectivity index (χ2v) is 6.57. The molecule has 0 aliphatic heterocycles. The van der Waals surface area contributed by atoms with Gasteiger partial charge in [-0.3, -0.25) is 4.79 Å². The Labute approximate surface area is 138 Å². The molecule has 1 heterocycles. The Balaban J connectivity index is 1.78. The van der Waals surface area contributed by atoms with E-state index in [0.29, 0.717) is 10.6 Å². The maximum Gasteiger partial charge on any atom is 0.184 e. The van der Waals surface area contributed by atoms with Gasteiger partial charge in [-0.25, -0.2) is 4.98 Å². The van der Waals surface area contributed by atoms with Crippen LogP contribution in [0.15, 0.2) is 36.4 Å². The van der Waals surface area contributed by atoms with Crippen LogP contribution >= 0.6 is 22.9 Å². The number of hydrogen-bond donors (Lipinski definition) is 1. The SMILES string of the molecule is Cc1ccc2sc(NCC(=O)c3ccccc3Cl)nc2c1C. The van der Waals surface area contributed by atoms with Gasteiger partial charge < -0.3 is 5.32 Å². The van der Waals surface area contributed by atoms with Crippen molar-refractivity contribution in [2.75, 3.05) is 11.9 Å². The first kappa shape index (κ1) is 15.0. The number of anilines is 1. The lowest BCUT2D eigenvalue weighted by Crippen LogP contribution is -2.14. The zero-order valence-corrected chi connectivity index (χ0v) is 13.9. The summed E-state index contributed by atoms with van der Waals surface area (Å²) in [6, 6.07) is 11.2. The lowest BCUT2D eigenvalue weighted by molar-refractivity contribution is 0.101. The fourth-order valence-corrected chi connectivity index (χ4v) is 3.40. The number of rotatable bonds is 4. The lowest BCUT2D eigenvalue weighted by atomic mass is 10.1. The van der Waals surface area contributed by atoms with Crippen molar-refractivity contribution in [1.29, 1.82) is 0 Å².